The summed E-state index contributed by atoms with van der Waals surface area (Å²) in [6.45, 7) is 0. The summed E-state index contributed by atoms with van der Waals surface area (Å²) in [7, 11) is 0. The number of carbonyl (C=O) groups excluding carboxylic acids is 1. The second-order valence-electron chi connectivity index (χ2n) is 2.30. The summed E-state index contributed by atoms with van der Waals surface area (Å²) in [5, 5.41) is 1.37. The van der Waals surface area contributed by atoms with Crippen LogP contribution in [0.15, 0.2) is 12.2 Å². The fourth-order valence-electron chi connectivity index (χ4n) is 1.25. The van der Waals surface area contributed by atoms with Gasteiger partial charge in [0.1, 0.15) is 6.10 Å². The molecule has 3 nitrogen and oxygen atoms in total. The third-order valence-corrected chi connectivity index (χ3v) is 1.71. The maximum Gasteiger partial charge on any atom is 0.233 e. The van der Waals surface area contributed by atoms with Crippen molar-refractivity contribution in [2.75, 3.05) is 0 Å². The first kappa shape index (κ1) is 4.99. The Morgan fingerprint density at radius 3 is 2.89 bits per heavy atom. The number of fused-ring (bicyclic) bond motifs is 2. The Morgan fingerprint density at radius 1 is 1.67 bits per heavy atom. The molecule has 9 heavy (non-hydrogen) atoms. The summed E-state index contributed by atoms with van der Waals surface area (Å²) in [5.74, 6) is 0. The van der Waals surface area contributed by atoms with Gasteiger partial charge in [-0.2, -0.15) is 0 Å². The minimum atomic E-state index is 0.167. The van der Waals surface area contributed by atoms with E-state index in [0.717, 1.165) is 12.8 Å². The van der Waals surface area contributed by atoms with Gasteiger partial charge in [0, 0.05) is 6.42 Å². The monoisotopic (exact) mass is 125 g/mol. The van der Waals surface area contributed by atoms with Gasteiger partial charge in [0.25, 0.3) is 0 Å². The highest BCUT2D eigenvalue weighted by Gasteiger charge is 2.33. The first-order valence-corrected chi connectivity index (χ1v) is 2.99. The summed E-state index contributed by atoms with van der Waals surface area (Å²) < 4.78 is 0. The maximum absolute atomic E-state index is 10.2. The largest absolute Gasteiger partial charge is 0.276 e. The van der Waals surface area contributed by atoms with Crippen LogP contribution in [0.4, 0.5) is 0 Å². The highest BCUT2D eigenvalue weighted by Crippen LogP contribution is 2.27. The molecule has 2 atom stereocenters. The standard InChI is InChI=1S/C6H7NO2/c8-4-7-5-1-2-6(3-5)9-7/h1-2,4-6H,3H2. The first-order chi connectivity index (χ1) is 4.40. The van der Waals surface area contributed by atoms with Crippen molar-refractivity contribution in [1.29, 1.82) is 0 Å². The molecular formula is C6H7NO2. The molecule has 1 heterocycles. The van der Waals surface area contributed by atoms with E-state index < -0.39 is 0 Å². The summed E-state index contributed by atoms with van der Waals surface area (Å²) in [4.78, 5) is 15.3. The lowest BCUT2D eigenvalue weighted by atomic mass is 10.3. The van der Waals surface area contributed by atoms with Crippen molar-refractivity contribution in [3.8, 4) is 0 Å². The SMILES string of the molecule is O=CN1OC2C=CC1C2. The lowest BCUT2D eigenvalue weighted by molar-refractivity contribution is -0.167. The lowest BCUT2D eigenvalue weighted by Gasteiger charge is -2.16. The highest BCUT2D eigenvalue weighted by atomic mass is 16.7. The van der Waals surface area contributed by atoms with Crippen molar-refractivity contribution < 1.29 is 9.63 Å². The zero-order valence-corrected chi connectivity index (χ0v) is 4.86. The zero-order valence-electron chi connectivity index (χ0n) is 4.86. The molecule has 2 rings (SSSR count). The van der Waals surface area contributed by atoms with Crippen molar-refractivity contribution >= 4 is 6.41 Å². The molecule has 1 amide bonds. The highest BCUT2D eigenvalue weighted by molar-refractivity contribution is 5.48. The van der Waals surface area contributed by atoms with E-state index in [1.165, 1.54) is 5.06 Å². The van der Waals surface area contributed by atoms with Gasteiger partial charge in [0.05, 0.1) is 6.04 Å². The van der Waals surface area contributed by atoms with Gasteiger partial charge in [-0.3, -0.25) is 9.63 Å². The fraction of sp³-hybridized carbons (Fsp3) is 0.500. The molecule has 1 aliphatic heterocycles. The number of hydrogen-bond donors (Lipinski definition) is 0. The summed E-state index contributed by atoms with van der Waals surface area (Å²) in [6, 6.07) is 0.215. The third kappa shape index (κ3) is 0.580. The lowest BCUT2D eigenvalue weighted by Crippen LogP contribution is -2.26. The maximum atomic E-state index is 10.2. The molecule has 0 aromatic carbocycles. The van der Waals surface area contributed by atoms with Crippen molar-refractivity contribution in [3.63, 3.8) is 0 Å². The van der Waals surface area contributed by atoms with Gasteiger partial charge < -0.3 is 0 Å². The molecule has 0 aromatic rings. The van der Waals surface area contributed by atoms with Crippen LogP contribution in [0, 0.1) is 0 Å². The van der Waals surface area contributed by atoms with Crippen LogP contribution >= 0.6 is 0 Å². The molecule has 2 unspecified atom stereocenters. The third-order valence-electron chi connectivity index (χ3n) is 1.71. The summed E-state index contributed by atoms with van der Waals surface area (Å²) in [6.07, 6.45) is 5.83. The van der Waals surface area contributed by atoms with Crippen LogP contribution in [0.25, 0.3) is 0 Å². The number of hydroxylamine groups is 2. The number of carbonyl (C=O) groups is 1. The van der Waals surface area contributed by atoms with Gasteiger partial charge in [-0.05, 0) is 0 Å². The Bertz CT molecular complexity index is 166. The van der Waals surface area contributed by atoms with Crippen LogP contribution in [0.1, 0.15) is 6.42 Å². The van der Waals surface area contributed by atoms with E-state index in [1.54, 1.807) is 0 Å². The molecule has 0 aromatic heterocycles. The van der Waals surface area contributed by atoms with Crippen LogP contribution < -0.4 is 0 Å². The van der Waals surface area contributed by atoms with Crippen LogP contribution in [0.3, 0.4) is 0 Å². The average molecular weight is 125 g/mol. The quantitative estimate of drug-likeness (QED) is 0.367. The Hall–Kier alpha value is -0.830. The van der Waals surface area contributed by atoms with Crippen LogP contribution in [-0.2, 0) is 9.63 Å². The minimum Gasteiger partial charge on any atom is -0.276 e. The molecule has 1 fully saturated rings. The second-order valence-corrected chi connectivity index (χ2v) is 2.30. The van der Waals surface area contributed by atoms with Crippen molar-refractivity contribution in [3.05, 3.63) is 12.2 Å². The molecule has 2 bridgehead atoms. The van der Waals surface area contributed by atoms with E-state index in [4.69, 9.17) is 4.84 Å². The van der Waals surface area contributed by atoms with Crippen molar-refractivity contribution in [2.45, 2.75) is 18.6 Å². The molecule has 3 heteroatoms. The Kier molecular flexibility index (Phi) is 0.873. The molecule has 0 radical (unpaired) electrons. The van der Waals surface area contributed by atoms with Gasteiger partial charge in [0.2, 0.25) is 6.41 Å². The van der Waals surface area contributed by atoms with Gasteiger partial charge in [-0.1, -0.05) is 12.2 Å². The van der Waals surface area contributed by atoms with Gasteiger partial charge in [0.15, 0.2) is 0 Å². The first-order valence-electron chi connectivity index (χ1n) is 2.99. The molecule has 48 valence electrons. The van der Waals surface area contributed by atoms with Crippen molar-refractivity contribution in [1.82, 2.24) is 5.06 Å². The van der Waals surface area contributed by atoms with Gasteiger partial charge in [-0.25, -0.2) is 5.06 Å². The van der Waals surface area contributed by atoms with E-state index in [0.29, 0.717) is 0 Å². The Labute approximate surface area is 52.9 Å². The molecule has 0 N–H and O–H groups in total. The predicted octanol–water partition coefficient (Wildman–Crippen LogP) is 0.0871. The molecule has 0 spiro atoms. The van der Waals surface area contributed by atoms with Gasteiger partial charge >= 0.3 is 0 Å². The average Bonchev–Trinajstić information content (AvgIpc) is 2.45. The topological polar surface area (TPSA) is 29.5 Å². The predicted molar refractivity (Wildman–Crippen MR) is 30.3 cm³/mol. The summed E-state index contributed by atoms with van der Waals surface area (Å²) >= 11 is 0. The fourth-order valence-corrected chi connectivity index (χ4v) is 1.25. The second kappa shape index (κ2) is 1.57. The number of amides is 1. The zero-order chi connectivity index (χ0) is 6.27. The molecule has 1 saturated heterocycles. The summed E-state index contributed by atoms with van der Waals surface area (Å²) in [5.41, 5.74) is 0. The van der Waals surface area contributed by atoms with Crippen LogP contribution in [0.2, 0.25) is 0 Å². The number of hydrogen-bond acceptors (Lipinski definition) is 2. The van der Waals surface area contributed by atoms with Crippen molar-refractivity contribution in [2.24, 2.45) is 0 Å². The van der Waals surface area contributed by atoms with E-state index in [1.807, 2.05) is 12.2 Å². The van der Waals surface area contributed by atoms with E-state index in [9.17, 15) is 4.79 Å². The Morgan fingerprint density at radius 2 is 2.56 bits per heavy atom. The number of nitrogens with zero attached hydrogens (tertiary/aromatic N) is 1. The van der Waals surface area contributed by atoms with Gasteiger partial charge in [-0.15, -0.1) is 0 Å². The van der Waals surface area contributed by atoms with E-state index >= 15 is 0 Å². The minimum absolute atomic E-state index is 0.167. The normalized spacial score (nSPS) is 38.0. The van der Waals surface area contributed by atoms with Crippen LogP contribution in [0.5, 0.6) is 0 Å². The van der Waals surface area contributed by atoms with Crippen LogP contribution in [-0.4, -0.2) is 23.6 Å². The van der Waals surface area contributed by atoms with E-state index in [-0.39, 0.29) is 12.1 Å². The smallest absolute Gasteiger partial charge is 0.233 e. The molecule has 0 saturated carbocycles. The Balaban J connectivity index is 2.19. The molecule has 1 aliphatic carbocycles. The molecule has 2 aliphatic rings. The molecular weight excluding hydrogens is 118 g/mol. The van der Waals surface area contributed by atoms with E-state index in [2.05, 4.69) is 0 Å². The number of rotatable bonds is 1.